The van der Waals surface area contributed by atoms with Crippen molar-refractivity contribution in [2.75, 3.05) is 92.4 Å². The van der Waals surface area contributed by atoms with Crippen LogP contribution in [0.5, 0.6) is 11.6 Å². The fraction of sp³-hybridized carbons (Fsp3) is 0.533. The third kappa shape index (κ3) is 12.0. The van der Waals surface area contributed by atoms with E-state index in [1.54, 1.807) is 23.8 Å². The number of nitrogen functional groups attached to an aromatic ring is 1. The Hall–Kier alpha value is -6.98. The number of para-hydroxylation sites is 1. The molecule has 82 heavy (non-hydrogen) atoms. The summed E-state index contributed by atoms with van der Waals surface area (Å²) < 4.78 is 19.0. The number of anilines is 4. The zero-order chi connectivity index (χ0) is 56.6. The number of β-amino-alcohol motifs (C(OH)–C–C–N with tert-alkyl or cyclic N) is 1. The highest BCUT2D eigenvalue weighted by molar-refractivity contribution is 7.13. The predicted octanol–water partition coefficient (Wildman–Crippen LogP) is 6.29. The first-order valence-electron chi connectivity index (χ1n) is 29.3. The van der Waals surface area contributed by atoms with Gasteiger partial charge in [0.1, 0.15) is 23.8 Å². The van der Waals surface area contributed by atoms with Crippen LogP contribution in [0, 0.1) is 12.8 Å². The number of ether oxygens (including phenoxy) is 2. The van der Waals surface area contributed by atoms with Gasteiger partial charge in [0, 0.05) is 139 Å². The molecule has 6 atom stereocenters. The molecule has 1 aromatic carbocycles. The monoisotopic (exact) mass is 1140 g/mol. The van der Waals surface area contributed by atoms with Gasteiger partial charge < -0.3 is 59.8 Å². The number of nitrogens with zero attached hydrogens (tertiary/aromatic N) is 12. The highest BCUT2D eigenvalue weighted by Gasteiger charge is 2.45. The molecule has 1 aliphatic carbocycles. The van der Waals surface area contributed by atoms with Crippen molar-refractivity contribution in [1.82, 2.24) is 50.3 Å². The topological polar surface area (TPSA) is 241 Å². The van der Waals surface area contributed by atoms with Gasteiger partial charge in [-0.15, -0.1) is 21.5 Å². The molecule has 434 valence electrons. The lowest BCUT2D eigenvalue weighted by Gasteiger charge is -2.43. The molecule has 22 heteroatoms. The molecular weight excluding hydrogens is 1060 g/mol. The van der Waals surface area contributed by atoms with Crippen LogP contribution >= 0.6 is 11.3 Å². The van der Waals surface area contributed by atoms with Gasteiger partial charge in [0.25, 0.3) is 0 Å². The van der Waals surface area contributed by atoms with E-state index >= 15 is 0 Å². The molecule has 5 aromatic heterocycles. The van der Waals surface area contributed by atoms with Gasteiger partial charge in [-0.3, -0.25) is 19.5 Å². The normalized spacial score (nSPS) is 24.2. The fourth-order valence-corrected chi connectivity index (χ4v) is 13.8. The van der Waals surface area contributed by atoms with Gasteiger partial charge in [-0.05, 0) is 81.3 Å². The second-order valence-electron chi connectivity index (χ2n) is 23.6. The number of rotatable bonds is 18. The summed E-state index contributed by atoms with van der Waals surface area (Å²) in [7, 11) is 0. The molecule has 2 amide bonds. The highest BCUT2D eigenvalue weighted by Crippen LogP contribution is 2.41. The average Bonchev–Trinajstić information content (AvgIpc) is 3.82. The number of phenols is 1. The van der Waals surface area contributed by atoms with E-state index in [9.17, 15) is 19.8 Å². The van der Waals surface area contributed by atoms with Gasteiger partial charge in [-0.1, -0.05) is 37.2 Å². The zero-order valence-electron chi connectivity index (χ0n) is 47.3. The van der Waals surface area contributed by atoms with Gasteiger partial charge in [-0.2, -0.15) is 0 Å². The highest BCUT2D eigenvalue weighted by atomic mass is 32.1. The number of carbonyl (C=O) groups excluding carboxylic acids is 2. The fourth-order valence-electron chi connectivity index (χ4n) is 13.1. The Morgan fingerprint density at radius 2 is 1.57 bits per heavy atom. The molecule has 0 spiro atoms. The molecule has 5 N–H and O–H groups in total. The number of phenolic OH excluding ortho intramolecular Hbond substituents is 1. The van der Waals surface area contributed by atoms with Crippen molar-refractivity contribution in [3.05, 3.63) is 95.6 Å². The van der Waals surface area contributed by atoms with Gasteiger partial charge >= 0.3 is 0 Å². The Balaban J connectivity index is 0.553. The summed E-state index contributed by atoms with van der Waals surface area (Å²) in [5, 5.41) is 37.4. The standard InChI is InChI=1S/C60H76N14O7S/c1-36(2)56(60(78)73-34-43(75)26-51(73)59(77)65-37(3)39-9-12-48(63-31-39)57-38(4)64-35-82-57)53-30-54(68-81-53)71-23-21-70(22-24-71)20-19-69-17-14-44(15-18-69)79-45-27-46(28-45)80-55-25-40(13-16-62-55)74-41-10-11-42(74)33-72(32-41)50-29-49(66-67-58(50)61)47-7-5-6-8-52(47)76/h5-9,12-13,16,25,29-31,35-37,41-46,51,56,75-76H,10-11,14-15,17-24,26-28,32-34H2,1-4H3,(H2,61,67)(H,65,77)/t37-,41+,42?,43+,45?,46?,51-,56+/m0/s1. The second-order valence-corrected chi connectivity index (χ2v) is 24.4. The Bertz CT molecular complexity index is 3160. The molecule has 5 saturated heterocycles. The van der Waals surface area contributed by atoms with Gasteiger partial charge in [0.15, 0.2) is 17.4 Å². The van der Waals surface area contributed by atoms with E-state index in [4.69, 9.17) is 19.7 Å². The summed E-state index contributed by atoms with van der Waals surface area (Å²) in [6.07, 6.45) is 9.46. The number of carbonyl (C=O) groups is 2. The summed E-state index contributed by atoms with van der Waals surface area (Å²) in [6.45, 7) is 16.9. The molecule has 2 bridgehead atoms. The van der Waals surface area contributed by atoms with E-state index in [1.807, 2.05) is 70.3 Å². The molecule has 12 rings (SSSR count). The van der Waals surface area contributed by atoms with Crippen LogP contribution < -0.4 is 30.5 Å². The predicted molar refractivity (Wildman–Crippen MR) is 313 cm³/mol. The van der Waals surface area contributed by atoms with Crippen molar-refractivity contribution in [2.24, 2.45) is 5.92 Å². The van der Waals surface area contributed by atoms with E-state index in [1.165, 1.54) is 16.2 Å². The van der Waals surface area contributed by atoms with Crippen LogP contribution in [0.1, 0.15) is 94.7 Å². The van der Waals surface area contributed by atoms with Crippen molar-refractivity contribution in [1.29, 1.82) is 0 Å². The van der Waals surface area contributed by atoms with Crippen LogP contribution in [0.3, 0.4) is 0 Å². The number of pyridine rings is 2. The number of fused-ring (bicyclic) bond motifs is 2. The third-order valence-electron chi connectivity index (χ3n) is 17.8. The first kappa shape index (κ1) is 55.5. The smallest absolute Gasteiger partial charge is 0.243 e. The lowest BCUT2D eigenvalue weighted by atomic mass is 9.91. The number of nitrogens with one attached hydrogen (secondary N) is 1. The van der Waals surface area contributed by atoms with Crippen LogP contribution in [0.2, 0.25) is 0 Å². The number of amides is 2. The number of likely N-dealkylation sites (tertiary alicyclic amines) is 2. The number of hydrogen-bond acceptors (Lipinski definition) is 20. The first-order valence-corrected chi connectivity index (χ1v) is 30.2. The molecule has 6 aromatic rings. The minimum Gasteiger partial charge on any atom is -0.507 e. The van der Waals surface area contributed by atoms with E-state index in [2.05, 4.69) is 72.3 Å². The van der Waals surface area contributed by atoms with Crippen LogP contribution in [-0.2, 0) is 14.3 Å². The number of aryl methyl sites for hydroxylation is 1. The summed E-state index contributed by atoms with van der Waals surface area (Å²) in [6, 6.07) is 18.5. The minimum atomic E-state index is -0.824. The Morgan fingerprint density at radius 1 is 0.817 bits per heavy atom. The Morgan fingerprint density at radius 3 is 2.28 bits per heavy atom. The maximum Gasteiger partial charge on any atom is 0.243 e. The molecule has 1 unspecified atom stereocenters. The van der Waals surface area contributed by atoms with E-state index in [-0.39, 0.29) is 60.8 Å². The van der Waals surface area contributed by atoms with Gasteiger partial charge in [-0.25, -0.2) is 9.97 Å². The summed E-state index contributed by atoms with van der Waals surface area (Å²) >= 11 is 1.54. The third-order valence-corrected chi connectivity index (χ3v) is 18.7. The lowest BCUT2D eigenvalue weighted by molar-refractivity contribution is -0.141. The molecule has 5 aliphatic heterocycles. The lowest BCUT2D eigenvalue weighted by Crippen LogP contribution is -2.54. The summed E-state index contributed by atoms with van der Waals surface area (Å²) in [5.74, 6) is 1.01. The molecule has 6 fully saturated rings. The number of aliphatic hydroxyl groups excluding tert-OH is 1. The number of aromatic hydroxyl groups is 1. The zero-order valence-corrected chi connectivity index (χ0v) is 48.1. The Labute approximate surface area is 482 Å². The van der Waals surface area contributed by atoms with Crippen molar-refractivity contribution in [2.45, 2.75) is 127 Å². The summed E-state index contributed by atoms with van der Waals surface area (Å²) in [5.41, 5.74) is 14.0. The van der Waals surface area contributed by atoms with E-state index in [0.717, 1.165) is 137 Å². The minimum absolute atomic E-state index is 0.0693. The molecule has 10 heterocycles. The first-order chi connectivity index (χ1) is 39.8. The SMILES string of the molecule is Cc1ncsc1-c1ccc([C@H](C)NC(=O)[C@@H]2C[C@@H](O)CN2C(=O)[C@@H](c2cc(N3CCN(CCN4CCC(OC5CC(Oc6cc(N7C8CC[C@@H]7CN(c7cc(-c9ccccc9O)nnc7N)C8)ccn6)C5)CC4)CC3)no2)C(C)C)cn1. The van der Waals surface area contributed by atoms with Crippen LogP contribution in [-0.4, -0.2) is 182 Å². The number of benzene rings is 1. The molecule has 0 radical (unpaired) electrons. The van der Waals surface area contributed by atoms with Crippen molar-refractivity contribution >= 4 is 46.2 Å². The maximum absolute atomic E-state index is 14.4. The second kappa shape index (κ2) is 24.1. The average molecular weight is 1140 g/mol. The van der Waals surface area contributed by atoms with Gasteiger partial charge in [0.2, 0.25) is 17.7 Å². The number of aliphatic hydroxyl groups is 1. The summed E-state index contributed by atoms with van der Waals surface area (Å²) in [4.78, 5) is 56.4. The number of piperazine rings is 2. The number of piperidine rings is 1. The number of hydrogen-bond donors (Lipinski definition) is 4. The van der Waals surface area contributed by atoms with Crippen LogP contribution in [0.25, 0.3) is 21.8 Å². The molecule has 6 aliphatic rings. The maximum atomic E-state index is 14.4. The molecular formula is C60H76N14O7S. The van der Waals surface area contributed by atoms with E-state index in [0.29, 0.717) is 46.6 Å². The van der Waals surface area contributed by atoms with E-state index < -0.39 is 18.1 Å². The number of aromatic nitrogens is 6. The number of nitrogens with two attached hydrogens (primary N) is 1. The van der Waals surface area contributed by atoms with Crippen molar-refractivity contribution < 1.29 is 33.8 Å². The molecule has 21 nitrogen and oxygen atoms in total. The van der Waals surface area contributed by atoms with Crippen molar-refractivity contribution in [3.8, 4) is 33.5 Å². The van der Waals surface area contributed by atoms with Crippen LogP contribution in [0.4, 0.5) is 23.0 Å². The quantitative estimate of drug-likeness (QED) is 0.0739. The van der Waals surface area contributed by atoms with Crippen molar-refractivity contribution in [3.63, 3.8) is 0 Å². The van der Waals surface area contributed by atoms with Crippen LogP contribution in [0.15, 0.2) is 83.1 Å². The molecule has 1 saturated carbocycles. The number of thiazole rings is 1. The Kier molecular flexibility index (Phi) is 16.3. The largest absolute Gasteiger partial charge is 0.507 e. The van der Waals surface area contributed by atoms with Gasteiger partial charge in [0.05, 0.1) is 57.5 Å².